The first-order valence-corrected chi connectivity index (χ1v) is 6.06. The summed E-state index contributed by atoms with van der Waals surface area (Å²) in [6.45, 7) is 2.92. The Balaban J connectivity index is 1.98. The molecule has 0 aliphatic rings. The van der Waals surface area contributed by atoms with Gasteiger partial charge in [-0.1, -0.05) is 43.7 Å². The highest BCUT2D eigenvalue weighted by Gasteiger charge is 2.10. The maximum atomic E-state index is 5.22. The van der Waals surface area contributed by atoms with Crippen molar-refractivity contribution in [2.75, 3.05) is 0 Å². The minimum absolute atomic E-state index is 0.381. The van der Waals surface area contributed by atoms with E-state index < -0.39 is 0 Å². The molecular weight excluding hydrogens is 212 g/mol. The molecular formula is C14H18N2O. The van der Waals surface area contributed by atoms with E-state index in [9.17, 15) is 0 Å². The predicted octanol–water partition coefficient (Wildman–Crippen LogP) is 3.31. The predicted molar refractivity (Wildman–Crippen MR) is 67.4 cm³/mol. The van der Waals surface area contributed by atoms with E-state index in [2.05, 4.69) is 41.5 Å². The minimum atomic E-state index is 0.381. The molecule has 0 aliphatic carbocycles. The molecule has 0 spiro atoms. The summed E-state index contributed by atoms with van der Waals surface area (Å²) in [6.07, 6.45) is 5.50. The van der Waals surface area contributed by atoms with E-state index in [-0.39, 0.29) is 0 Å². The van der Waals surface area contributed by atoms with Crippen LogP contribution in [0.1, 0.15) is 37.1 Å². The Morgan fingerprint density at radius 2 is 2.12 bits per heavy atom. The van der Waals surface area contributed by atoms with Crippen molar-refractivity contribution >= 4 is 0 Å². The largest absolute Gasteiger partial charge is 0.447 e. The van der Waals surface area contributed by atoms with Crippen LogP contribution in [-0.2, 0) is 6.54 Å². The maximum Gasteiger partial charge on any atom is 0.180 e. The molecule has 1 aromatic heterocycles. The molecule has 90 valence electrons. The smallest absolute Gasteiger partial charge is 0.180 e. The highest BCUT2D eigenvalue weighted by atomic mass is 16.3. The van der Waals surface area contributed by atoms with Crippen molar-refractivity contribution in [3.05, 3.63) is 54.2 Å². The van der Waals surface area contributed by atoms with Gasteiger partial charge in [0.15, 0.2) is 6.39 Å². The lowest BCUT2D eigenvalue weighted by atomic mass is 10.0. The number of aromatic nitrogens is 1. The van der Waals surface area contributed by atoms with Crippen molar-refractivity contribution in [3.8, 4) is 0 Å². The van der Waals surface area contributed by atoms with Crippen LogP contribution in [0.2, 0.25) is 0 Å². The zero-order chi connectivity index (χ0) is 11.9. The van der Waals surface area contributed by atoms with Gasteiger partial charge < -0.3 is 9.73 Å². The van der Waals surface area contributed by atoms with E-state index in [0.717, 1.165) is 25.1 Å². The van der Waals surface area contributed by atoms with Crippen LogP contribution in [0.4, 0.5) is 0 Å². The Bertz CT molecular complexity index is 411. The van der Waals surface area contributed by atoms with E-state index in [4.69, 9.17) is 4.42 Å². The highest BCUT2D eigenvalue weighted by Crippen LogP contribution is 2.18. The quantitative estimate of drug-likeness (QED) is 0.827. The molecule has 0 aliphatic heterocycles. The molecule has 0 saturated carbocycles. The first-order chi connectivity index (χ1) is 8.40. The van der Waals surface area contributed by atoms with Gasteiger partial charge in [0.05, 0.1) is 12.7 Å². The summed E-state index contributed by atoms with van der Waals surface area (Å²) in [5.74, 6) is 0.877. The molecule has 0 radical (unpaired) electrons. The van der Waals surface area contributed by atoms with Crippen molar-refractivity contribution in [3.63, 3.8) is 0 Å². The van der Waals surface area contributed by atoms with Crippen LogP contribution < -0.4 is 5.32 Å². The Hall–Kier alpha value is -1.61. The summed E-state index contributed by atoms with van der Waals surface area (Å²) in [6, 6.07) is 10.9. The van der Waals surface area contributed by atoms with Crippen LogP contribution in [0.25, 0.3) is 0 Å². The van der Waals surface area contributed by atoms with Gasteiger partial charge in [-0.3, -0.25) is 0 Å². The number of benzene rings is 1. The van der Waals surface area contributed by atoms with Gasteiger partial charge in [-0.15, -0.1) is 0 Å². The molecule has 0 saturated heterocycles. The second-order valence-corrected chi connectivity index (χ2v) is 4.10. The number of nitrogens with zero attached hydrogens (tertiary/aromatic N) is 1. The fraction of sp³-hybridized carbons (Fsp3) is 0.357. The monoisotopic (exact) mass is 230 g/mol. The summed E-state index contributed by atoms with van der Waals surface area (Å²) < 4.78 is 5.22. The Morgan fingerprint density at radius 1 is 1.29 bits per heavy atom. The lowest BCUT2D eigenvalue weighted by molar-refractivity contribution is 0.432. The van der Waals surface area contributed by atoms with Gasteiger partial charge in [-0.05, 0) is 12.0 Å². The van der Waals surface area contributed by atoms with Crippen molar-refractivity contribution in [2.24, 2.45) is 0 Å². The minimum Gasteiger partial charge on any atom is -0.447 e. The molecule has 0 fully saturated rings. The van der Waals surface area contributed by atoms with E-state index in [1.54, 1.807) is 6.20 Å². The van der Waals surface area contributed by atoms with Gasteiger partial charge in [0.25, 0.3) is 0 Å². The summed E-state index contributed by atoms with van der Waals surface area (Å²) in [5, 5.41) is 3.51. The van der Waals surface area contributed by atoms with E-state index in [1.807, 2.05) is 6.07 Å². The summed E-state index contributed by atoms with van der Waals surface area (Å²) >= 11 is 0. The van der Waals surface area contributed by atoms with Gasteiger partial charge in [-0.25, -0.2) is 4.98 Å². The molecule has 3 heteroatoms. The third-order valence-electron chi connectivity index (χ3n) is 2.79. The summed E-state index contributed by atoms with van der Waals surface area (Å²) in [5.41, 5.74) is 1.33. The number of hydrogen-bond donors (Lipinski definition) is 1. The number of hydrogen-bond acceptors (Lipinski definition) is 3. The second-order valence-electron chi connectivity index (χ2n) is 4.10. The lowest BCUT2D eigenvalue weighted by Gasteiger charge is -2.17. The molecule has 0 bridgehead atoms. The molecule has 2 rings (SSSR count). The highest BCUT2D eigenvalue weighted by molar-refractivity contribution is 5.18. The molecule has 0 amide bonds. The zero-order valence-corrected chi connectivity index (χ0v) is 10.1. The van der Waals surface area contributed by atoms with Crippen molar-refractivity contribution in [2.45, 2.75) is 32.4 Å². The van der Waals surface area contributed by atoms with Crippen LogP contribution in [-0.4, -0.2) is 4.98 Å². The molecule has 1 atom stereocenters. The zero-order valence-electron chi connectivity index (χ0n) is 10.1. The first kappa shape index (κ1) is 11.9. The Kier molecular flexibility index (Phi) is 4.33. The second kappa shape index (κ2) is 6.21. The SMILES string of the molecule is CCCC(NCc1cnco1)c1ccccc1. The topological polar surface area (TPSA) is 38.1 Å². The molecule has 1 unspecified atom stereocenters. The van der Waals surface area contributed by atoms with Crippen LogP contribution in [0.5, 0.6) is 0 Å². The fourth-order valence-electron chi connectivity index (χ4n) is 1.91. The van der Waals surface area contributed by atoms with Gasteiger partial charge in [0, 0.05) is 6.04 Å². The summed E-state index contributed by atoms with van der Waals surface area (Å²) in [7, 11) is 0. The summed E-state index contributed by atoms with van der Waals surface area (Å²) in [4.78, 5) is 3.91. The van der Waals surface area contributed by atoms with Crippen LogP contribution in [0, 0.1) is 0 Å². The average molecular weight is 230 g/mol. The third kappa shape index (κ3) is 3.43. The van der Waals surface area contributed by atoms with Crippen molar-refractivity contribution in [1.82, 2.24) is 10.3 Å². The van der Waals surface area contributed by atoms with Crippen LogP contribution >= 0.6 is 0 Å². The Labute approximate surface area is 102 Å². The third-order valence-corrected chi connectivity index (χ3v) is 2.79. The van der Waals surface area contributed by atoms with Crippen LogP contribution in [0.3, 0.4) is 0 Å². The number of nitrogens with one attached hydrogen (secondary N) is 1. The fourth-order valence-corrected chi connectivity index (χ4v) is 1.91. The van der Waals surface area contributed by atoms with Crippen molar-refractivity contribution < 1.29 is 4.42 Å². The molecule has 1 heterocycles. The van der Waals surface area contributed by atoms with Gasteiger partial charge in [0.1, 0.15) is 5.76 Å². The molecule has 1 N–H and O–H groups in total. The van der Waals surface area contributed by atoms with Gasteiger partial charge in [0.2, 0.25) is 0 Å². The molecule has 17 heavy (non-hydrogen) atoms. The normalized spacial score (nSPS) is 12.5. The van der Waals surface area contributed by atoms with Gasteiger partial charge >= 0.3 is 0 Å². The van der Waals surface area contributed by atoms with Crippen LogP contribution in [0.15, 0.2) is 47.3 Å². The van der Waals surface area contributed by atoms with Crippen molar-refractivity contribution in [1.29, 1.82) is 0 Å². The molecule has 1 aromatic carbocycles. The average Bonchev–Trinajstić information content (AvgIpc) is 2.88. The lowest BCUT2D eigenvalue weighted by Crippen LogP contribution is -2.20. The number of oxazole rings is 1. The van der Waals surface area contributed by atoms with E-state index in [1.165, 1.54) is 12.0 Å². The molecule has 2 aromatic rings. The van der Waals surface area contributed by atoms with E-state index in [0.29, 0.717) is 6.04 Å². The van der Waals surface area contributed by atoms with E-state index >= 15 is 0 Å². The van der Waals surface area contributed by atoms with Gasteiger partial charge in [-0.2, -0.15) is 0 Å². The Morgan fingerprint density at radius 3 is 2.76 bits per heavy atom. The molecule has 3 nitrogen and oxygen atoms in total. The standard InChI is InChI=1S/C14H18N2O/c1-2-6-14(12-7-4-3-5-8-12)16-10-13-9-15-11-17-13/h3-5,7-9,11,14,16H,2,6,10H2,1H3. The first-order valence-electron chi connectivity index (χ1n) is 6.06. The maximum absolute atomic E-state index is 5.22. The number of rotatable bonds is 6.